The number of nitrogens with zero attached hydrogens (tertiary/aromatic N) is 2. The smallest absolute Gasteiger partial charge is 0.337 e. The van der Waals surface area contributed by atoms with Crippen molar-refractivity contribution in [2.45, 2.75) is 4.90 Å². The molecule has 0 atom stereocenters. The number of methoxy groups -OCH3 is 1. The summed E-state index contributed by atoms with van der Waals surface area (Å²) in [7, 11) is -2.09. The number of fused-ring (bicyclic) bond motifs is 1. The molecule has 7 heteroatoms. The van der Waals surface area contributed by atoms with Gasteiger partial charge in [-0.1, -0.05) is 30.3 Å². The Balaban J connectivity index is 1.50. The van der Waals surface area contributed by atoms with Gasteiger partial charge in [0.15, 0.2) is 0 Å². The van der Waals surface area contributed by atoms with Gasteiger partial charge in [0, 0.05) is 31.9 Å². The van der Waals surface area contributed by atoms with Gasteiger partial charge in [0.1, 0.15) is 0 Å². The van der Waals surface area contributed by atoms with Gasteiger partial charge in [0.25, 0.3) is 0 Å². The molecule has 0 bridgehead atoms. The second-order valence-electron chi connectivity index (χ2n) is 6.94. The fourth-order valence-electron chi connectivity index (χ4n) is 3.60. The van der Waals surface area contributed by atoms with Crippen molar-refractivity contribution in [3.63, 3.8) is 0 Å². The van der Waals surface area contributed by atoms with Crippen molar-refractivity contribution in [1.29, 1.82) is 0 Å². The molecule has 1 aliphatic rings. The van der Waals surface area contributed by atoms with Crippen molar-refractivity contribution in [1.82, 2.24) is 4.31 Å². The largest absolute Gasteiger partial charge is 0.465 e. The third-order valence-electron chi connectivity index (χ3n) is 5.23. The molecule has 0 amide bonds. The van der Waals surface area contributed by atoms with E-state index in [9.17, 15) is 13.2 Å². The standard InChI is InChI=1S/C22H22N2O4S/c1-28-22(25)19-8-7-18-16-20(10-9-17(18)15-19)23-11-13-24(14-12-23)29(26,27)21-5-3-2-4-6-21/h2-10,15-16H,11-14H2,1H3. The molecule has 0 radical (unpaired) electrons. The topological polar surface area (TPSA) is 66.9 Å². The Labute approximate surface area is 170 Å². The average molecular weight is 410 g/mol. The number of rotatable bonds is 4. The van der Waals surface area contributed by atoms with Crippen molar-refractivity contribution in [3.05, 3.63) is 72.3 Å². The van der Waals surface area contributed by atoms with Crippen LogP contribution < -0.4 is 4.90 Å². The van der Waals surface area contributed by atoms with Gasteiger partial charge < -0.3 is 9.64 Å². The van der Waals surface area contributed by atoms with E-state index in [-0.39, 0.29) is 5.97 Å². The Bertz CT molecular complexity index is 1140. The van der Waals surface area contributed by atoms with Crippen LogP contribution in [0, 0.1) is 0 Å². The van der Waals surface area contributed by atoms with Crippen molar-refractivity contribution in [2.24, 2.45) is 0 Å². The van der Waals surface area contributed by atoms with Crippen LogP contribution in [-0.4, -0.2) is 52.0 Å². The second-order valence-corrected chi connectivity index (χ2v) is 8.88. The number of anilines is 1. The molecule has 3 aromatic rings. The van der Waals surface area contributed by atoms with Gasteiger partial charge in [-0.15, -0.1) is 0 Å². The molecular formula is C22H22N2O4S. The minimum atomic E-state index is -3.45. The maximum atomic E-state index is 12.8. The fourth-order valence-corrected chi connectivity index (χ4v) is 5.05. The molecule has 0 saturated carbocycles. The summed E-state index contributed by atoms with van der Waals surface area (Å²) in [6.07, 6.45) is 0. The molecule has 1 fully saturated rings. The van der Waals surface area contributed by atoms with E-state index in [2.05, 4.69) is 11.0 Å². The zero-order valence-corrected chi connectivity index (χ0v) is 16.9. The van der Waals surface area contributed by atoms with E-state index in [4.69, 9.17) is 4.74 Å². The Morgan fingerprint density at radius 2 is 1.52 bits per heavy atom. The summed E-state index contributed by atoms with van der Waals surface area (Å²) in [6.45, 7) is 2.13. The lowest BCUT2D eigenvalue weighted by atomic mass is 10.1. The quantitative estimate of drug-likeness (QED) is 0.618. The maximum Gasteiger partial charge on any atom is 0.337 e. The van der Waals surface area contributed by atoms with Crippen molar-refractivity contribution < 1.29 is 17.9 Å². The lowest BCUT2D eigenvalue weighted by Gasteiger charge is -2.35. The molecular weight excluding hydrogens is 388 g/mol. The minimum absolute atomic E-state index is 0.334. The molecule has 0 aliphatic carbocycles. The zero-order chi connectivity index (χ0) is 20.4. The first-order valence-corrected chi connectivity index (χ1v) is 10.9. The van der Waals surface area contributed by atoms with E-state index in [1.807, 2.05) is 30.3 Å². The van der Waals surface area contributed by atoms with Gasteiger partial charge in [-0.05, 0) is 47.2 Å². The van der Waals surface area contributed by atoms with Crippen LogP contribution in [0.4, 0.5) is 5.69 Å². The van der Waals surface area contributed by atoms with Crippen LogP contribution in [0.25, 0.3) is 10.8 Å². The number of hydrogen-bond donors (Lipinski definition) is 0. The van der Waals surface area contributed by atoms with Crippen LogP contribution in [0.2, 0.25) is 0 Å². The summed E-state index contributed by atoms with van der Waals surface area (Å²) < 4.78 is 31.9. The van der Waals surface area contributed by atoms with Gasteiger partial charge in [-0.2, -0.15) is 4.31 Å². The van der Waals surface area contributed by atoms with Crippen LogP contribution in [0.1, 0.15) is 10.4 Å². The van der Waals surface area contributed by atoms with E-state index in [1.165, 1.54) is 7.11 Å². The molecule has 1 saturated heterocycles. The number of ether oxygens (including phenoxy) is 1. The van der Waals surface area contributed by atoms with Crippen molar-refractivity contribution in [3.8, 4) is 0 Å². The Morgan fingerprint density at radius 3 is 2.21 bits per heavy atom. The van der Waals surface area contributed by atoms with Crippen molar-refractivity contribution >= 4 is 32.5 Å². The molecule has 3 aromatic carbocycles. The fraction of sp³-hybridized carbons (Fsp3) is 0.227. The molecule has 29 heavy (non-hydrogen) atoms. The second kappa shape index (κ2) is 7.85. The lowest BCUT2D eigenvalue weighted by Crippen LogP contribution is -2.48. The summed E-state index contributed by atoms with van der Waals surface area (Å²) >= 11 is 0. The van der Waals surface area contributed by atoms with E-state index in [0.717, 1.165) is 16.5 Å². The third-order valence-corrected chi connectivity index (χ3v) is 7.14. The molecule has 0 unspecified atom stereocenters. The highest BCUT2D eigenvalue weighted by molar-refractivity contribution is 7.89. The number of hydrogen-bond acceptors (Lipinski definition) is 5. The maximum absolute atomic E-state index is 12.8. The predicted octanol–water partition coefficient (Wildman–Crippen LogP) is 3.14. The Kier molecular flexibility index (Phi) is 5.25. The zero-order valence-electron chi connectivity index (χ0n) is 16.1. The summed E-state index contributed by atoms with van der Waals surface area (Å²) in [5.74, 6) is -0.355. The molecule has 6 nitrogen and oxygen atoms in total. The summed E-state index contributed by atoms with van der Waals surface area (Å²) in [6, 6.07) is 20.1. The summed E-state index contributed by atoms with van der Waals surface area (Å²) in [5.41, 5.74) is 1.56. The van der Waals surface area contributed by atoms with E-state index in [1.54, 1.807) is 34.6 Å². The number of benzene rings is 3. The number of piperazine rings is 1. The monoisotopic (exact) mass is 410 g/mol. The SMILES string of the molecule is COC(=O)c1ccc2cc(N3CCN(S(=O)(=O)c4ccccc4)CC3)ccc2c1. The first kappa shape index (κ1) is 19.4. The van der Waals surface area contributed by atoms with Crippen LogP contribution in [-0.2, 0) is 14.8 Å². The van der Waals surface area contributed by atoms with E-state index in [0.29, 0.717) is 36.6 Å². The molecule has 0 aromatic heterocycles. The van der Waals surface area contributed by atoms with Crippen LogP contribution in [0.3, 0.4) is 0 Å². The Hall–Kier alpha value is -2.90. The molecule has 0 N–H and O–H groups in total. The highest BCUT2D eigenvalue weighted by Crippen LogP contribution is 2.26. The molecule has 0 spiro atoms. The highest BCUT2D eigenvalue weighted by atomic mass is 32.2. The third kappa shape index (κ3) is 3.83. The number of sulfonamides is 1. The molecule has 1 heterocycles. The van der Waals surface area contributed by atoms with E-state index < -0.39 is 10.0 Å². The first-order valence-electron chi connectivity index (χ1n) is 9.41. The number of carbonyl (C=O) groups is 1. The van der Waals surface area contributed by atoms with Crippen LogP contribution in [0.15, 0.2) is 71.6 Å². The predicted molar refractivity (Wildman–Crippen MR) is 113 cm³/mol. The van der Waals surface area contributed by atoms with E-state index >= 15 is 0 Å². The van der Waals surface area contributed by atoms with Gasteiger partial charge in [-0.25, -0.2) is 13.2 Å². The van der Waals surface area contributed by atoms with Gasteiger partial charge >= 0.3 is 5.97 Å². The molecule has 1 aliphatic heterocycles. The highest BCUT2D eigenvalue weighted by Gasteiger charge is 2.28. The first-order chi connectivity index (χ1) is 14.0. The van der Waals surface area contributed by atoms with Crippen LogP contribution >= 0.6 is 0 Å². The molecule has 150 valence electrons. The molecule has 4 rings (SSSR count). The lowest BCUT2D eigenvalue weighted by molar-refractivity contribution is 0.0601. The Morgan fingerprint density at radius 1 is 0.862 bits per heavy atom. The normalized spacial score (nSPS) is 15.4. The van der Waals surface area contributed by atoms with Gasteiger partial charge in [0.2, 0.25) is 10.0 Å². The average Bonchev–Trinajstić information content (AvgIpc) is 2.78. The number of esters is 1. The summed E-state index contributed by atoms with van der Waals surface area (Å²) in [4.78, 5) is 14.2. The number of carbonyl (C=O) groups excluding carboxylic acids is 1. The summed E-state index contributed by atoms with van der Waals surface area (Å²) in [5, 5.41) is 1.98. The minimum Gasteiger partial charge on any atom is -0.465 e. The van der Waals surface area contributed by atoms with Crippen molar-refractivity contribution in [2.75, 3.05) is 38.2 Å². The van der Waals surface area contributed by atoms with Gasteiger partial charge in [0.05, 0.1) is 17.6 Å². The van der Waals surface area contributed by atoms with Gasteiger partial charge in [-0.3, -0.25) is 0 Å². The van der Waals surface area contributed by atoms with Crippen LogP contribution in [0.5, 0.6) is 0 Å².